The number of hydrogen-bond acceptors (Lipinski definition) is 2. The molecule has 0 aromatic heterocycles. The first-order chi connectivity index (χ1) is 11.8. The summed E-state index contributed by atoms with van der Waals surface area (Å²) in [5.41, 5.74) is 15.1. The number of ether oxygens (including phenoxy) is 1. The average molecular weight is 338 g/mol. The van der Waals surface area contributed by atoms with E-state index in [1.807, 2.05) is 0 Å². The number of rotatable bonds is 4. The summed E-state index contributed by atoms with van der Waals surface area (Å²) in [6.45, 7) is 14.0. The molecule has 0 spiro atoms. The zero-order valence-electron chi connectivity index (χ0n) is 16.4. The van der Waals surface area contributed by atoms with Crippen LogP contribution in [0.3, 0.4) is 0 Å². The second-order valence-corrected chi connectivity index (χ2v) is 8.12. The molecule has 0 amide bonds. The highest BCUT2D eigenvalue weighted by molar-refractivity contribution is 5.68. The van der Waals surface area contributed by atoms with Crippen LogP contribution in [0.25, 0.3) is 0 Å². The van der Waals surface area contributed by atoms with Gasteiger partial charge in [-0.1, -0.05) is 52.0 Å². The van der Waals surface area contributed by atoms with Gasteiger partial charge in [-0.2, -0.15) is 0 Å². The van der Waals surface area contributed by atoms with Crippen molar-refractivity contribution in [3.8, 4) is 5.75 Å². The quantitative estimate of drug-likeness (QED) is 0.723. The molecule has 1 aliphatic rings. The largest absolute Gasteiger partial charge is 0.492 e. The van der Waals surface area contributed by atoms with Crippen molar-refractivity contribution in [2.45, 2.75) is 59.8 Å². The molecule has 25 heavy (non-hydrogen) atoms. The Morgan fingerprint density at radius 3 is 2.24 bits per heavy atom. The maximum atomic E-state index is 6.48. The summed E-state index contributed by atoms with van der Waals surface area (Å²) in [6, 6.07) is 8.97. The smallest absolute Gasteiger partial charge is 0.127 e. The summed E-state index contributed by atoms with van der Waals surface area (Å²) < 4.78 is 6.20. The van der Waals surface area contributed by atoms with Crippen molar-refractivity contribution in [2.75, 3.05) is 12.3 Å². The molecular formula is C23H31NO. The van der Waals surface area contributed by atoms with Crippen LogP contribution in [0, 0.1) is 19.8 Å². The fourth-order valence-corrected chi connectivity index (χ4v) is 3.92. The molecule has 1 unspecified atom stereocenters. The van der Waals surface area contributed by atoms with Gasteiger partial charge in [0, 0.05) is 29.2 Å². The van der Waals surface area contributed by atoms with Crippen molar-refractivity contribution < 1.29 is 4.74 Å². The van der Waals surface area contributed by atoms with Gasteiger partial charge in [0.25, 0.3) is 0 Å². The number of fused-ring (bicyclic) bond motifs is 1. The fourth-order valence-electron chi connectivity index (χ4n) is 3.92. The van der Waals surface area contributed by atoms with Crippen molar-refractivity contribution in [1.29, 1.82) is 0 Å². The highest BCUT2D eigenvalue weighted by Gasteiger charge is 2.32. The molecule has 2 aromatic rings. The lowest BCUT2D eigenvalue weighted by Gasteiger charge is -2.20. The average Bonchev–Trinajstić information content (AvgIpc) is 3.02. The number of hydrogen-bond donors (Lipinski definition) is 1. The Morgan fingerprint density at radius 1 is 1.04 bits per heavy atom. The van der Waals surface area contributed by atoms with E-state index in [9.17, 15) is 0 Å². The molecule has 0 fully saturated rings. The minimum absolute atomic E-state index is 0.444. The van der Waals surface area contributed by atoms with Gasteiger partial charge < -0.3 is 10.5 Å². The Bertz CT molecular complexity index is 772. The van der Waals surface area contributed by atoms with Gasteiger partial charge >= 0.3 is 0 Å². The van der Waals surface area contributed by atoms with Crippen LogP contribution < -0.4 is 10.5 Å². The van der Waals surface area contributed by atoms with Crippen LogP contribution in [-0.4, -0.2) is 6.61 Å². The van der Waals surface area contributed by atoms with Crippen LogP contribution in [0.1, 0.15) is 72.9 Å². The molecule has 1 aliphatic heterocycles. The summed E-state index contributed by atoms with van der Waals surface area (Å²) in [5, 5.41) is 0. The topological polar surface area (TPSA) is 35.2 Å². The second-order valence-electron chi connectivity index (χ2n) is 8.12. The van der Waals surface area contributed by atoms with Crippen molar-refractivity contribution in [3.63, 3.8) is 0 Å². The first-order valence-corrected chi connectivity index (χ1v) is 9.44. The number of benzene rings is 2. The number of nitrogens with two attached hydrogens (primary N) is 1. The molecule has 2 N–H and O–H groups in total. The minimum atomic E-state index is 0.444. The molecule has 0 aliphatic carbocycles. The van der Waals surface area contributed by atoms with E-state index in [1.54, 1.807) is 0 Å². The molecule has 0 saturated heterocycles. The maximum absolute atomic E-state index is 6.48. The Labute approximate surface area is 152 Å². The van der Waals surface area contributed by atoms with Crippen molar-refractivity contribution in [2.24, 2.45) is 5.92 Å². The SMILES string of the molecule is Cc1c(N)c(C)c2c(c1Cc1ccc(C(C)C)cc1)OCC2C(C)C. The van der Waals surface area contributed by atoms with Crippen molar-refractivity contribution in [1.82, 2.24) is 0 Å². The Hall–Kier alpha value is -1.96. The third-order valence-corrected chi connectivity index (χ3v) is 5.79. The Morgan fingerprint density at radius 2 is 1.68 bits per heavy atom. The van der Waals surface area contributed by atoms with Gasteiger partial charge in [0.2, 0.25) is 0 Å². The van der Waals surface area contributed by atoms with Gasteiger partial charge in [-0.05, 0) is 47.9 Å². The summed E-state index contributed by atoms with van der Waals surface area (Å²) in [6.07, 6.45) is 0.877. The predicted molar refractivity (Wildman–Crippen MR) is 107 cm³/mol. The lowest BCUT2D eigenvalue weighted by atomic mass is 9.83. The second kappa shape index (κ2) is 6.74. The van der Waals surface area contributed by atoms with Crippen LogP contribution in [0.5, 0.6) is 5.75 Å². The Kier molecular flexibility index (Phi) is 4.81. The summed E-state index contributed by atoms with van der Waals surface area (Å²) in [4.78, 5) is 0. The zero-order valence-corrected chi connectivity index (χ0v) is 16.4. The van der Waals surface area contributed by atoms with Gasteiger partial charge in [-0.15, -0.1) is 0 Å². The van der Waals surface area contributed by atoms with Gasteiger partial charge in [-0.25, -0.2) is 0 Å². The molecule has 0 radical (unpaired) electrons. The molecule has 0 saturated carbocycles. The molecule has 1 heterocycles. The standard InChI is InChI=1S/C23H31NO/c1-13(2)18-9-7-17(8-10-18)11-19-15(5)22(24)16(6)21-20(14(3)4)12-25-23(19)21/h7-10,13-14,20H,11-12,24H2,1-6H3. The van der Waals surface area contributed by atoms with E-state index in [1.165, 1.54) is 33.4 Å². The van der Waals surface area contributed by atoms with Gasteiger partial charge in [0.05, 0.1) is 6.61 Å². The fraction of sp³-hybridized carbons (Fsp3) is 0.478. The molecule has 2 nitrogen and oxygen atoms in total. The molecule has 134 valence electrons. The van der Waals surface area contributed by atoms with Crippen LogP contribution in [-0.2, 0) is 6.42 Å². The van der Waals surface area contributed by atoms with Crippen LogP contribution in [0.4, 0.5) is 5.69 Å². The van der Waals surface area contributed by atoms with Crippen LogP contribution >= 0.6 is 0 Å². The summed E-state index contributed by atoms with van der Waals surface area (Å²) in [5.74, 6) is 2.65. The molecule has 1 atom stereocenters. The van der Waals surface area contributed by atoms with Gasteiger partial charge in [0.1, 0.15) is 5.75 Å². The third kappa shape index (κ3) is 3.15. The lowest BCUT2D eigenvalue weighted by molar-refractivity contribution is 0.302. The van der Waals surface area contributed by atoms with E-state index in [0.29, 0.717) is 17.8 Å². The van der Waals surface area contributed by atoms with E-state index in [-0.39, 0.29) is 0 Å². The number of nitrogen functional groups attached to an aromatic ring is 1. The highest BCUT2D eigenvalue weighted by atomic mass is 16.5. The molecule has 0 bridgehead atoms. The lowest BCUT2D eigenvalue weighted by Crippen LogP contribution is -2.10. The molecule has 3 rings (SSSR count). The maximum Gasteiger partial charge on any atom is 0.127 e. The minimum Gasteiger partial charge on any atom is -0.492 e. The zero-order chi connectivity index (χ0) is 18.3. The molecule has 2 aromatic carbocycles. The summed E-state index contributed by atoms with van der Waals surface area (Å²) in [7, 11) is 0. The summed E-state index contributed by atoms with van der Waals surface area (Å²) >= 11 is 0. The van der Waals surface area contributed by atoms with E-state index in [4.69, 9.17) is 10.5 Å². The Balaban J connectivity index is 2.04. The van der Waals surface area contributed by atoms with Crippen molar-refractivity contribution >= 4 is 5.69 Å². The van der Waals surface area contributed by atoms with Crippen molar-refractivity contribution in [3.05, 3.63) is 57.6 Å². The van der Waals surface area contributed by atoms with E-state index < -0.39 is 0 Å². The van der Waals surface area contributed by atoms with E-state index in [0.717, 1.165) is 24.5 Å². The highest BCUT2D eigenvalue weighted by Crippen LogP contribution is 2.47. The third-order valence-electron chi connectivity index (χ3n) is 5.79. The predicted octanol–water partition coefficient (Wildman–Crippen LogP) is 5.73. The van der Waals surface area contributed by atoms with Crippen LogP contribution in [0.15, 0.2) is 24.3 Å². The first-order valence-electron chi connectivity index (χ1n) is 9.44. The number of anilines is 1. The van der Waals surface area contributed by atoms with Crippen LogP contribution in [0.2, 0.25) is 0 Å². The van der Waals surface area contributed by atoms with E-state index in [2.05, 4.69) is 65.8 Å². The first kappa shape index (κ1) is 17.8. The van der Waals surface area contributed by atoms with Gasteiger partial charge in [-0.3, -0.25) is 0 Å². The molecular weight excluding hydrogens is 306 g/mol. The monoisotopic (exact) mass is 337 g/mol. The van der Waals surface area contributed by atoms with Gasteiger partial charge in [0.15, 0.2) is 0 Å². The normalized spacial score (nSPS) is 16.4. The molecule has 2 heteroatoms. The van der Waals surface area contributed by atoms with E-state index >= 15 is 0 Å².